The molecule has 0 bridgehead atoms. The van der Waals surface area contributed by atoms with Gasteiger partial charge in [0, 0.05) is 18.5 Å². The van der Waals surface area contributed by atoms with E-state index in [9.17, 15) is 4.79 Å². The van der Waals surface area contributed by atoms with Gasteiger partial charge in [-0.05, 0) is 36.8 Å². The Morgan fingerprint density at radius 1 is 1.29 bits per heavy atom. The number of thiazole rings is 1. The number of pyridine rings is 1. The summed E-state index contributed by atoms with van der Waals surface area (Å²) >= 11 is 7.66. The molecule has 9 heteroatoms. The van der Waals surface area contributed by atoms with E-state index in [2.05, 4.69) is 15.1 Å². The Labute approximate surface area is 169 Å². The van der Waals surface area contributed by atoms with Crippen LogP contribution in [0.3, 0.4) is 0 Å². The van der Waals surface area contributed by atoms with E-state index in [1.807, 2.05) is 12.1 Å². The summed E-state index contributed by atoms with van der Waals surface area (Å²) in [5, 5.41) is 4.90. The topological polar surface area (TPSA) is 81.4 Å². The highest BCUT2D eigenvalue weighted by atomic mass is 35.5. The van der Waals surface area contributed by atoms with Crippen molar-refractivity contribution < 1.29 is 14.1 Å². The van der Waals surface area contributed by atoms with Gasteiger partial charge in [-0.25, -0.2) is 4.98 Å². The van der Waals surface area contributed by atoms with Crippen molar-refractivity contribution >= 4 is 44.2 Å². The van der Waals surface area contributed by atoms with Crippen LogP contribution in [0.1, 0.15) is 21.8 Å². The summed E-state index contributed by atoms with van der Waals surface area (Å²) in [7, 11) is 1.57. The van der Waals surface area contributed by atoms with Gasteiger partial charge in [0.2, 0.25) is 0 Å². The van der Waals surface area contributed by atoms with Gasteiger partial charge in [-0.1, -0.05) is 28.1 Å². The maximum Gasteiger partial charge on any atom is 0.282 e. The van der Waals surface area contributed by atoms with E-state index < -0.39 is 0 Å². The van der Waals surface area contributed by atoms with Gasteiger partial charge in [0.1, 0.15) is 17.0 Å². The van der Waals surface area contributed by atoms with Gasteiger partial charge in [0.05, 0.1) is 23.4 Å². The molecule has 28 heavy (non-hydrogen) atoms. The van der Waals surface area contributed by atoms with E-state index in [-0.39, 0.29) is 11.6 Å². The fourth-order valence-electron chi connectivity index (χ4n) is 2.72. The van der Waals surface area contributed by atoms with Crippen molar-refractivity contribution in [3.8, 4) is 5.75 Å². The molecule has 0 unspecified atom stereocenters. The van der Waals surface area contributed by atoms with Crippen LogP contribution in [0, 0.1) is 6.92 Å². The second-order valence-corrected chi connectivity index (χ2v) is 7.38. The van der Waals surface area contributed by atoms with Gasteiger partial charge < -0.3 is 9.26 Å². The Balaban J connectivity index is 1.82. The first-order valence-electron chi connectivity index (χ1n) is 8.34. The molecule has 0 saturated heterocycles. The minimum atomic E-state index is -0.317. The first-order valence-corrected chi connectivity index (χ1v) is 9.53. The summed E-state index contributed by atoms with van der Waals surface area (Å²) in [6, 6.07) is 8.79. The number of aromatic nitrogens is 3. The van der Waals surface area contributed by atoms with Gasteiger partial charge in [-0.3, -0.25) is 14.7 Å². The molecule has 0 atom stereocenters. The van der Waals surface area contributed by atoms with E-state index in [0.717, 1.165) is 10.3 Å². The number of carbonyl (C=O) groups excluding carboxylic acids is 1. The lowest BCUT2D eigenvalue weighted by Crippen LogP contribution is -2.30. The summed E-state index contributed by atoms with van der Waals surface area (Å²) in [6.45, 7) is 2.03. The second kappa shape index (κ2) is 7.57. The number of ether oxygens (including phenoxy) is 1. The van der Waals surface area contributed by atoms with Crippen molar-refractivity contribution in [2.24, 2.45) is 0 Å². The van der Waals surface area contributed by atoms with Crippen LogP contribution in [0.5, 0.6) is 5.75 Å². The monoisotopic (exact) mass is 414 g/mol. The molecular formula is C19H15ClN4O3S. The molecule has 7 nitrogen and oxygen atoms in total. The van der Waals surface area contributed by atoms with Gasteiger partial charge in [-0.2, -0.15) is 0 Å². The van der Waals surface area contributed by atoms with E-state index in [1.165, 1.54) is 11.3 Å². The predicted octanol–water partition coefficient (Wildman–Crippen LogP) is 4.50. The Kier molecular flexibility index (Phi) is 4.97. The van der Waals surface area contributed by atoms with E-state index in [0.29, 0.717) is 33.7 Å². The Morgan fingerprint density at radius 3 is 2.75 bits per heavy atom. The Bertz CT molecular complexity index is 1140. The van der Waals surface area contributed by atoms with Crippen LogP contribution in [-0.2, 0) is 6.54 Å². The van der Waals surface area contributed by atoms with Crippen LogP contribution < -0.4 is 9.64 Å². The van der Waals surface area contributed by atoms with E-state index in [4.69, 9.17) is 20.9 Å². The quantitative estimate of drug-likeness (QED) is 0.478. The molecule has 0 saturated carbocycles. The van der Waals surface area contributed by atoms with Crippen molar-refractivity contribution in [1.82, 2.24) is 15.1 Å². The Hall–Kier alpha value is -2.97. The first-order chi connectivity index (χ1) is 13.6. The lowest BCUT2D eigenvalue weighted by atomic mass is 10.2. The third-order valence-corrected chi connectivity index (χ3v) is 5.62. The summed E-state index contributed by atoms with van der Waals surface area (Å²) in [6.07, 6.45) is 3.35. The number of nitrogens with zero attached hydrogens (tertiary/aromatic N) is 4. The third-order valence-electron chi connectivity index (χ3n) is 4.08. The molecule has 0 aliphatic carbocycles. The van der Waals surface area contributed by atoms with Crippen LogP contribution in [0.4, 0.5) is 5.13 Å². The molecule has 0 spiro atoms. The van der Waals surface area contributed by atoms with Crippen molar-refractivity contribution in [1.29, 1.82) is 0 Å². The molecule has 4 aromatic rings. The second-order valence-electron chi connectivity index (χ2n) is 5.99. The lowest BCUT2D eigenvalue weighted by molar-refractivity contribution is 0.0976. The van der Waals surface area contributed by atoms with Gasteiger partial charge in [-0.15, -0.1) is 0 Å². The first kappa shape index (κ1) is 18.4. The summed E-state index contributed by atoms with van der Waals surface area (Å²) < 4.78 is 11.2. The average Bonchev–Trinajstić information content (AvgIpc) is 3.34. The number of hydrogen-bond donors (Lipinski definition) is 0. The summed E-state index contributed by atoms with van der Waals surface area (Å²) in [5.41, 5.74) is 1.73. The van der Waals surface area contributed by atoms with Gasteiger partial charge in [0.15, 0.2) is 10.8 Å². The number of methoxy groups -OCH3 is 1. The smallest absolute Gasteiger partial charge is 0.282 e. The molecule has 0 aliphatic heterocycles. The average molecular weight is 415 g/mol. The fraction of sp³-hybridized carbons (Fsp3) is 0.158. The van der Waals surface area contributed by atoms with Crippen molar-refractivity contribution in [3.63, 3.8) is 0 Å². The predicted molar refractivity (Wildman–Crippen MR) is 107 cm³/mol. The molecule has 0 radical (unpaired) electrons. The van der Waals surface area contributed by atoms with E-state index in [1.54, 1.807) is 49.5 Å². The largest absolute Gasteiger partial charge is 0.494 e. The molecule has 1 aromatic carbocycles. The minimum Gasteiger partial charge on any atom is -0.494 e. The van der Waals surface area contributed by atoms with Gasteiger partial charge >= 0.3 is 0 Å². The number of rotatable bonds is 5. The highest BCUT2D eigenvalue weighted by Crippen LogP contribution is 2.39. The van der Waals surface area contributed by atoms with Gasteiger partial charge in [0.25, 0.3) is 5.91 Å². The standard InChI is InChI=1S/C19H15ClN4O3S/c1-11-9-14(23-27-11)18(25)24(10-12-5-7-21-8-6-12)19-22-16-15(26-2)4-3-13(20)17(16)28-19/h3-9H,10H2,1-2H3. The van der Waals surface area contributed by atoms with Crippen LogP contribution in [0.25, 0.3) is 10.2 Å². The highest BCUT2D eigenvalue weighted by Gasteiger charge is 2.25. The van der Waals surface area contributed by atoms with Crippen LogP contribution in [0.2, 0.25) is 5.02 Å². The molecule has 1 amide bonds. The fourth-order valence-corrected chi connectivity index (χ4v) is 3.98. The molecule has 0 N–H and O–H groups in total. The van der Waals surface area contributed by atoms with Crippen molar-refractivity contribution in [2.45, 2.75) is 13.5 Å². The van der Waals surface area contributed by atoms with Crippen LogP contribution in [0.15, 0.2) is 47.2 Å². The number of anilines is 1. The number of halogens is 1. The molecule has 3 heterocycles. The number of aryl methyl sites for hydroxylation is 1. The normalized spacial score (nSPS) is 11.0. The number of hydrogen-bond acceptors (Lipinski definition) is 7. The number of amides is 1. The van der Waals surface area contributed by atoms with Crippen molar-refractivity contribution in [3.05, 3.63) is 64.8 Å². The number of benzene rings is 1. The summed E-state index contributed by atoms with van der Waals surface area (Å²) in [4.78, 5) is 23.4. The molecule has 142 valence electrons. The zero-order valence-corrected chi connectivity index (χ0v) is 16.6. The molecular weight excluding hydrogens is 400 g/mol. The Morgan fingerprint density at radius 2 is 2.07 bits per heavy atom. The minimum absolute atomic E-state index is 0.212. The lowest BCUT2D eigenvalue weighted by Gasteiger charge is -2.18. The molecule has 4 rings (SSSR count). The SMILES string of the molecule is COc1ccc(Cl)c2sc(N(Cc3ccncc3)C(=O)c3cc(C)on3)nc12. The maximum absolute atomic E-state index is 13.2. The maximum atomic E-state index is 13.2. The van der Waals surface area contributed by atoms with Crippen LogP contribution in [-0.4, -0.2) is 28.1 Å². The van der Waals surface area contributed by atoms with E-state index >= 15 is 0 Å². The summed E-state index contributed by atoms with van der Waals surface area (Å²) in [5.74, 6) is 0.833. The number of fused-ring (bicyclic) bond motifs is 1. The molecule has 0 fully saturated rings. The van der Waals surface area contributed by atoms with Crippen LogP contribution >= 0.6 is 22.9 Å². The van der Waals surface area contributed by atoms with Crippen molar-refractivity contribution in [2.75, 3.05) is 12.0 Å². The third kappa shape index (κ3) is 3.44. The molecule has 0 aliphatic rings. The zero-order chi connectivity index (χ0) is 19.7. The number of carbonyl (C=O) groups is 1. The highest BCUT2D eigenvalue weighted by molar-refractivity contribution is 7.23. The molecule has 3 aromatic heterocycles. The zero-order valence-electron chi connectivity index (χ0n) is 15.0.